The molecule has 5 nitrogen and oxygen atoms in total. The summed E-state index contributed by atoms with van der Waals surface area (Å²) >= 11 is 11.6. The molecule has 0 aliphatic rings. The summed E-state index contributed by atoms with van der Waals surface area (Å²) < 4.78 is 4.75. The van der Waals surface area contributed by atoms with Gasteiger partial charge in [-0.25, -0.2) is 4.79 Å². The van der Waals surface area contributed by atoms with Crippen LogP contribution in [-0.2, 0) is 9.53 Å². The summed E-state index contributed by atoms with van der Waals surface area (Å²) in [5.74, 6) is -0.853. The van der Waals surface area contributed by atoms with Crippen molar-refractivity contribution >= 4 is 41.3 Å². The maximum atomic E-state index is 11.8. The molecule has 0 saturated heterocycles. The van der Waals surface area contributed by atoms with E-state index in [1.54, 1.807) is 26.0 Å². The van der Waals surface area contributed by atoms with Crippen LogP contribution in [0.3, 0.4) is 0 Å². The van der Waals surface area contributed by atoms with E-state index in [4.69, 9.17) is 33.2 Å². The predicted octanol–water partition coefficient (Wildman–Crippen LogP) is 3.56. The molecule has 0 heterocycles. The van der Waals surface area contributed by atoms with Crippen molar-refractivity contribution < 1.29 is 14.3 Å². The number of amides is 2. The number of nitrogens with one attached hydrogen (secondary N) is 1. The van der Waals surface area contributed by atoms with Gasteiger partial charge in [0.05, 0.1) is 16.1 Å². The topological polar surface area (TPSA) is 79.2 Å². The van der Waals surface area contributed by atoms with Crippen molar-refractivity contribution in [2.45, 2.75) is 20.0 Å². The minimum Gasteiger partial charge on any atom is -0.447 e. The number of hydrogen-bond donors (Lipinski definition) is 1. The Kier molecular flexibility index (Phi) is 6.22. The Labute approximate surface area is 132 Å². The zero-order valence-electron chi connectivity index (χ0n) is 11.3. The van der Waals surface area contributed by atoms with Crippen molar-refractivity contribution in [1.29, 1.82) is 5.26 Å². The number of imide groups is 1. The molecule has 2 amide bonds. The number of halogens is 2. The Morgan fingerprint density at radius 1 is 1.33 bits per heavy atom. The molecular formula is C14H12Cl2N2O3. The lowest BCUT2D eigenvalue weighted by atomic mass is 10.1. The molecule has 0 spiro atoms. The Balaban J connectivity index is 2.89. The van der Waals surface area contributed by atoms with Crippen LogP contribution in [0.4, 0.5) is 4.79 Å². The second kappa shape index (κ2) is 7.67. The first-order valence-corrected chi connectivity index (χ1v) is 6.68. The number of benzene rings is 1. The third kappa shape index (κ3) is 5.46. The van der Waals surface area contributed by atoms with E-state index in [1.165, 1.54) is 18.2 Å². The molecule has 1 aromatic carbocycles. The van der Waals surface area contributed by atoms with Gasteiger partial charge in [0.15, 0.2) is 0 Å². The average molecular weight is 327 g/mol. The van der Waals surface area contributed by atoms with Crippen molar-refractivity contribution in [2.24, 2.45) is 0 Å². The second-order valence-corrected chi connectivity index (χ2v) is 5.07. The van der Waals surface area contributed by atoms with E-state index >= 15 is 0 Å². The van der Waals surface area contributed by atoms with Crippen LogP contribution in [-0.4, -0.2) is 18.1 Å². The molecule has 0 saturated carbocycles. The van der Waals surface area contributed by atoms with Gasteiger partial charge >= 0.3 is 6.09 Å². The fourth-order valence-electron chi connectivity index (χ4n) is 1.32. The van der Waals surface area contributed by atoms with Crippen LogP contribution in [0.15, 0.2) is 23.8 Å². The number of alkyl carbamates (subject to hydrolysis) is 1. The summed E-state index contributed by atoms with van der Waals surface area (Å²) in [7, 11) is 0. The first-order chi connectivity index (χ1) is 9.83. The van der Waals surface area contributed by atoms with Gasteiger partial charge < -0.3 is 4.74 Å². The zero-order valence-corrected chi connectivity index (χ0v) is 12.8. The third-order valence-electron chi connectivity index (χ3n) is 2.18. The Bertz CT molecular complexity index is 634. The number of ether oxygens (including phenoxy) is 1. The summed E-state index contributed by atoms with van der Waals surface area (Å²) in [6.45, 7) is 3.28. The van der Waals surface area contributed by atoms with Gasteiger partial charge in [0, 0.05) is 0 Å². The highest BCUT2D eigenvalue weighted by Gasteiger charge is 2.15. The minimum atomic E-state index is -0.912. The van der Waals surface area contributed by atoms with Crippen LogP contribution in [0.1, 0.15) is 19.4 Å². The summed E-state index contributed by atoms with van der Waals surface area (Å²) in [6.07, 6.45) is 0.00730. The maximum Gasteiger partial charge on any atom is 0.414 e. The molecule has 0 aliphatic carbocycles. The number of nitriles is 1. The largest absolute Gasteiger partial charge is 0.447 e. The van der Waals surface area contributed by atoms with Gasteiger partial charge in [-0.2, -0.15) is 5.26 Å². The average Bonchev–Trinajstić information content (AvgIpc) is 2.38. The standard InChI is InChI=1S/C14H12Cl2N2O3/c1-8(2)21-14(20)18-13(19)10(7-17)5-9-3-4-11(15)12(16)6-9/h3-6,8H,1-2H3,(H,18,19,20)/b10-5-. The number of hydrogen-bond acceptors (Lipinski definition) is 4. The quantitative estimate of drug-likeness (QED) is 0.680. The van der Waals surface area contributed by atoms with Crippen molar-refractivity contribution in [1.82, 2.24) is 5.32 Å². The lowest BCUT2D eigenvalue weighted by molar-refractivity contribution is -0.116. The minimum absolute atomic E-state index is 0.255. The fourth-order valence-corrected chi connectivity index (χ4v) is 1.63. The summed E-state index contributed by atoms with van der Waals surface area (Å²) in [4.78, 5) is 23.1. The molecule has 1 rings (SSSR count). The first-order valence-electron chi connectivity index (χ1n) is 5.92. The molecule has 0 unspecified atom stereocenters. The lowest BCUT2D eigenvalue weighted by Crippen LogP contribution is -2.33. The molecular weight excluding hydrogens is 315 g/mol. The molecule has 1 aromatic rings. The van der Waals surface area contributed by atoms with Crippen molar-refractivity contribution in [2.75, 3.05) is 0 Å². The molecule has 0 fully saturated rings. The predicted molar refractivity (Wildman–Crippen MR) is 79.8 cm³/mol. The Hall–Kier alpha value is -2.03. The van der Waals surface area contributed by atoms with Gasteiger partial charge in [-0.15, -0.1) is 0 Å². The highest BCUT2D eigenvalue weighted by atomic mass is 35.5. The van der Waals surface area contributed by atoms with E-state index in [9.17, 15) is 9.59 Å². The number of carbonyl (C=O) groups is 2. The van der Waals surface area contributed by atoms with Gasteiger partial charge in [-0.05, 0) is 37.6 Å². The molecule has 0 atom stereocenters. The summed E-state index contributed by atoms with van der Waals surface area (Å²) in [5.41, 5.74) is 0.252. The second-order valence-electron chi connectivity index (χ2n) is 4.25. The van der Waals surface area contributed by atoms with Crippen LogP contribution in [0.2, 0.25) is 10.0 Å². The Morgan fingerprint density at radius 2 is 2.00 bits per heavy atom. The SMILES string of the molecule is CC(C)OC(=O)NC(=O)/C(C#N)=C\c1ccc(Cl)c(Cl)c1. The summed E-state index contributed by atoms with van der Waals surface area (Å²) in [5, 5.41) is 11.6. The molecule has 110 valence electrons. The van der Waals surface area contributed by atoms with Crippen LogP contribution in [0.25, 0.3) is 6.08 Å². The van der Waals surface area contributed by atoms with Crippen LogP contribution in [0.5, 0.6) is 0 Å². The van der Waals surface area contributed by atoms with Crippen LogP contribution < -0.4 is 5.32 Å². The van der Waals surface area contributed by atoms with E-state index in [0.717, 1.165) is 0 Å². The zero-order chi connectivity index (χ0) is 16.0. The smallest absolute Gasteiger partial charge is 0.414 e. The van der Waals surface area contributed by atoms with E-state index in [-0.39, 0.29) is 11.7 Å². The maximum absolute atomic E-state index is 11.8. The van der Waals surface area contributed by atoms with Crippen LogP contribution >= 0.6 is 23.2 Å². The lowest BCUT2D eigenvalue weighted by Gasteiger charge is -2.08. The van der Waals surface area contributed by atoms with Gasteiger partial charge in [0.2, 0.25) is 0 Å². The molecule has 0 aliphatic heterocycles. The number of carbonyl (C=O) groups excluding carboxylic acids is 2. The highest BCUT2D eigenvalue weighted by molar-refractivity contribution is 6.42. The van der Waals surface area contributed by atoms with E-state index < -0.39 is 12.0 Å². The molecule has 7 heteroatoms. The highest BCUT2D eigenvalue weighted by Crippen LogP contribution is 2.23. The van der Waals surface area contributed by atoms with Crippen molar-refractivity contribution in [3.63, 3.8) is 0 Å². The van der Waals surface area contributed by atoms with Crippen LogP contribution in [0, 0.1) is 11.3 Å². The monoisotopic (exact) mass is 326 g/mol. The molecule has 0 radical (unpaired) electrons. The molecule has 1 N–H and O–H groups in total. The first kappa shape index (κ1) is 17.0. The van der Waals surface area contributed by atoms with Gasteiger partial charge in [0.1, 0.15) is 11.6 Å². The normalized spacial score (nSPS) is 11.0. The molecule has 21 heavy (non-hydrogen) atoms. The van der Waals surface area contributed by atoms with Gasteiger partial charge in [-0.1, -0.05) is 29.3 Å². The van der Waals surface area contributed by atoms with Crippen molar-refractivity contribution in [3.05, 3.63) is 39.4 Å². The van der Waals surface area contributed by atoms with Gasteiger partial charge in [0.25, 0.3) is 5.91 Å². The fraction of sp³-hybridized carbons (Fsp3) is 0.214. The molecule has 0 aromatic heterocycles. The third-order valence-corrected chi connectivity index (χ3v) is 2.92. The van der Waals surface area contributed by atoms with Gasteiger partial charge in [-0.3, -0.25) is 10.1 Å². The van der Waals surface area contributed by atoms with E-state index in [1.807, 2.05) is 5.32 Å². The number of rotatable bonds is 3. The number of nitrogens with zero attached hydrogens (tertiary/aromatic N) is 1. The summed E-state index contributed by atoms with van der Waals surface area (Å²) in [6, 6.07) is 6.34. The van der Waals surface area contributed by atoms with E-state index in [2.05, 4.69) is 0 Å². The van der Waals surface area contributed by atoms with E-state index in [0.29, 0.717) is 15.6 Å². The molecule has 0 bridgehead atoms. The Morgan fingerprint density at radius 3 is 2.52 bits per heavy atom. The van der Waals surface area contributed by atoms with Crippen molar-refractivity contribution in [3.8, 4) is 6.07 Å².